The molecule has 1 aliphatic rings. The van der Waals surface area contributed by atoms with Crippen molar-refractivity contribution >= 4 is 46.9 Å². The van der Waals surface area contributed by atoms with E-state index in [9.17, 15) is 29.4 Å². The molecule has 0 bridgehead atoms. The van der Waals surface area contributed by atoms with Gasteiger partial charge in [0, 0.05) is 25.6 Å². The van der Waals surface area contributed by atoms with Crippen LogP contribution >= 0.6 is 23.2 Å². The second kappa shape index (κ2) is 15.5. The second-order valence-electron chi connectivity index (χ2n) is 10.5. The molecule has 3 amide bonds. The number of carbonyl (C=O) groups is 4. The first-order chi connectivity index (χ1) is 21.6. The number of aliphatic hydroxyl groups is 1. The zero-order valence-corrected chi connectivity index (χ0v) is 26.0. The summed E-state index contributed by atoms with van der Waals surface area (Å²) in [5, 5.41) is 26.3. The number of hydrogen-bond donors (Lipinski definition) is 4. The highest BCUT2D eigenvalue weighted by molar-refractivity contribution is 6.42. The first-order valence-electron chi connectivity index (χ1n) is 14.3. The molecule has 1 aliphatic heterocycles. The van der Waals surface area contributed by atoms with Crippen molar-refractivity contribution < 1.29 is 34.1 Å². The fraction of sp³-hybridized carbons (Fsp3) is 0.273. The molecule has 1 heterocycles. The molecule has 0 spiro atoms. The first kappa shape index (κ1) is 33.4. The topological polar surface area (TPSA) is 145 Å². The Morgan fingerprint density at radius 3 is 2.36 bits per heavy atom. The van der Waals surface area contributed by atoms with E-state index < -0.39 is 41.5 Å². The van der Waals surface area contributed by atoms with Crippen LogP contribution in [0.15, 0.2) is 84.1 Å². The molecule has 0 fully saturated rings. The number of carbonyl (C=O) groups excluding carboxylic acids is 3. The van der Waals surface area contributed by atoms with Gasteiger partial charge in [0.2, 0.25) is 5.91 Å². The first-order valence-corrected chi connectivity index (χ1v) is 15.0. The van der Waals surface area contributed by atoms with Gasteiger partial charge in [-0.3, -0.25) is 14.4 Å². The van der Waals surface area contributed by atoms with Gasteiger partial charge in [-0.1, -0.05) is 77.8 Å². The highest BCUT2D eigenvalue weighted by Gasteiger charge is 2.44. The van der Waals surface area contributed by atoms with E-state index in [0.29, 0.717) is 39.8 Å². The Morgan fingerprint density at radius 2 is 1.67 bits per heavy atom. The van der Waals surface area contributed by atoms with Gasteiger partial charge in [-0.05, 0) is 48.6 Å². The number of benzene rings is 3. The van der Waals surface area contributed by atoms with Gasteiger partial charge in [0.05, 0.1) is 21.7 Å². The van der Waals surface area contributed by atoms with Crippen molar-refractivity contribution in [2.75, 3.05) is 6.54 Å². The standard InChI is InChI=1S/C33H33Cl2N3O7/c1-20(39)37-26(33(43)44)12-7-8-16-38-29(23-11-5-6-13-27(23)45-19-21-9-3-2-4-10-21)28(30(40)32(38)42)31(41)36-18-22-14-15-24(34)25(35)17-22/h2-6,9-11,13-15,17,26,29,40H,7-8,12,16,18-19H2,1H3,(H,36,41)(H,37,39)(H,43,44)/t26-,29?/m1/s1. The number of aliphatic carboxylic acids is 1. The van der Waals surface area contributed by atoms with Crippen molar-refractivity contribution in [2.24, 2.45) is 0 Å². The van der Waals surface area contributed by atoms with Crippen LogP contribution in [0.5, 0.6) is 5.75 Å². The summed E-state index contributed by atoms with van der Waals surface area (Å²) in [7, 11) is 0. The molecular formula is C33H33Cl2N3O7. The van der Waals surface area contributed by atoms with E-state index in [1.807, 2.05) is 30.3 Å². The highest BCUT2D eigenvalue weighted by atomic mass is 35.5. The Labute approximate surface area is 270 Å². The maximum atomic E-state index is 13.6. The Balaban J connectivity index is 1.59. The lowest BCUT2D eigenvalue weighted by atomic mass is 9.97. The Bertz CT molecular complexity index is 1600. The van der Waals surface area contributed by atoms with Crippen molar-refractivity contribution in [1.29, 1.82) is 0 Å². The molecule has 12 heteroatoms. The van der Waals surface area contributed by atoms with Gasteiger partial charge in [0.1, 0.15) is 18.4 Å². The molecule has 3 aromatic carbocycles. The van der Waals surface area contributed by atoms with Gasteiger partial charge in [0.25, 0.3) is 11.8 Å². The fourth-order valence-corrected chi connectivity index (χ4v) is 5.39. The van der Waals surface area contributed by atoms with E-state index in [2.05, 4.69) is 10.6 Å². The summed E-state index contributed by atoms with van der Waals surface area (Å²) in [5.74, 6) is -3.29. The molecule has 2 atom stereocenters. The quantitative estimate of drug-likeness (QED) is 0.172. The predicted octanol–water partition coefficient (Wildman–Crippen LogP) is 5.34. The molecule has 45 heavy (non-hydrogen) atoms. The molecule has 3 aromatic rings. The summed E-state index contributed by atoms with van der Waals surface area (Å²) < 4.78 is 6.15. The number of unbranched alkanes of at least 4 members (excludes halogenated alkanes) is 1. The number of carboxylic acids is 1. The number of carboxylic acid groups (broad SMARTS) is 1. The van der Waals surface area contributed by atoms with Crippen LogP contribution in [-0.4, -0.2) is 51.4 Å². The van der Waals surface area contributed by atoms with E-state index in [1.54, 1.807) is 42.5 Å². The van der Waals surface area contributed by atoms with Crippen LogP contribution in [0.4, 0.5) is 0 Å². The maximum Gasteiger partial charge on any atom is 0.326 e. The number of para-hydroxylation sites is 1. The molecular weight excluding hydrogens is 621 g/mol. The van der Waals surface area contributed by atoms with Crippen LogP contribution in [0.2, 0.25) is 10.0 Å². The monoisotopic (exact) mass is 653 g/mol. The van der Waals surface area contributed by atoms with E-state index in [0.717, 1.165) is 5.56 Å². The number of halogens is 2. The number of aliphatic hydroxyl groups excluding tert-OH is 1. The minimum absolute atomic E-state index is 0.0549. The molecule has 0 aliphatic carbocycles. The number of amides is 3. The molecule has 236 valence electrons. The van der Waals surface area contributed by atoms with Crippen molar-refractivity contribution in [1.82, 2.24) is 15.5 Å². The lowest BCUT2D eigenvalue weighted by Gasteiger charge is -2.28. The zero-order valence-electron chi connectivity index (χ0n) is 24.5. The second-order valence-corrected chi connectivity index (χ2v) is 11.3. The third kappa shape index (κ3) is 8.55. The van der Waals surface area contributed by atoms with Gasteiger partial charge in [-0.25, -0.2) is 4.79 Å². The SMILES string of the molecule is CC(=O)N[C@H](CCCCN1C(=O)C(O)=C(C(=O)NCc2ccc(Cl)c(Cl)c2)C1c1ccccc1OCc1ccccc1)C(=O)O. The molecule has 0 saturated carbocycles. The number of nitrogens with one attached hydrogen (secondary N) is 2. The largest absolute Gasteiger partial charge is 0.503 e. The summed E-state index contributed by atoms with van der Waals surface area (Å²) in [6.07, 6.45) is 0.818. The fourth-order valence-electron chi connectivity index (χ4n) is 5.07. The molecule has 4 rings (SSSR count). The summed E-state index contributed by atoms with van der Waals surface area (Å²) in [6.45, 7) is 1.62. The molecule has 1 unspecified atom stereocenters. The molecule has 4 N–H and O–H groups in total. The van der Waals surface area contributed by atoms with Crippen molar-refractivity contribution in [3.8, 4) is 5.75 Å². The lowest BCUT2D eigenvalue weighted by Crippen LogP contribution is -2.39. The number of rotatable bonds is 14. The van der Waals surface area contributed by atoms with Gasteiger partial charge in [-0.2, -0.15) is 0 Å². The number of hydrogen-bond acceptors (Lipinski definition) is 6. The average Bonchev–Trinajstić information content (AvgIpc) is 3.27. The van der Waals surface area contributed by atoms with E-state index >= 15 is 0 Å². The predicted molar refractivity (Wildman–Crippen MR) is 169 cm³/mol. The summed E-state index contributed by atoms with van der Waals surface area (Å²) in [5.41, 5.74) is 1.93. The third-order valence-electron chi connectivity index (χ3n) is 7.25. The van der Waals surface area contributed by atoms with Crippen LogP contribution in [-0.2, 0) is 32.3 Å². The van der Waals surface area contributed by atoms with Crippen molar-refractivity contribution in [2.45, 2.75) is 51.4 Å². The van der Waals surface area contributed by atoms with Gasteiger partial charge < -0.3 is 30.5 Å². The molecule has 0 aromatic heterocycles. The number of nitrogens with zero attached hydrogens (tertiary/aromatic N) is 1. The Morgan fingerprint density at radius 1 is 0.956 bits per heavy atom. The van der Waals surface area contributed by atoms with Crippen molar-refractivity contribution in [3.63, 3.8) is 0 Å². The van der Waals surface area contributed by atoms with Gasteiger partial charge in [0.15, 0.2) is 5.76 Å². The zero-order chi connectivity index (χ0) is 32.5. The summed E-state index contributed by atoms with van der Waals surface area (Å²) >= 11 is 12.1. The normalized spacial score (nSPS) is 15.1. The summed E-state index contributed by atoms with van der Waals surface area (Å²) in [6, 6.07) is 19.3. The third-order valence-corrected chi connectivity index (χ3v) is 7.99. The van der Waals surface area contributed by atoms with Crippen LogP contribution in [0.1, 0.15) is 48.9 Å². The van der Waals surface area contributed by atoms with Crippen LogP contribution in [0.3, 0.4) is 0 Å². The Hall–Kier alpha value is -4.54. The highest BCUT2D eigenvalue weighted by Crippen LogP contribution is 2.41. The lowest BCUT2D eigenvalue weighted by molar-refractivity contribution is -0.141. The minimum Gasteiger partial charge on any atom is -0.503 e. The smallest absolute Gasteiger partial charge is 0.326 e. The van der Waals surface area contributed by atoms with E-state index in [-0.39, 0.29) is 31.7 Å². The summed E-state index contributed by atoms with van der Waals surface area (Å²) in [4.78, 5) is 51.4. The van der Waals surface area contributed by atoms with Crippen LogP contribution in [0.25, 0.3) is 0 Å². The Kier molecular flexibility index (Phi) is 11.5. The van der Waals surface area contributed by atoms with Gasteiger partial charge in [-0.15, -0.1) is 0 Å². The maximum absolute atomic E-state index is 13.6. The number of ether oxygens (including phenoxy) is 1. The molecule has 0 saturated heterocycles. The van der Waals surface area contributed by atoms with Crippen molar-refractivity contribution in [3.05, 3.63) is 111 Å². The average molecular weight is 655 g/mol. The van der Waals surface area contributed by atoms with Gasteiger partial charge >= 0.3 is 5.97 Å². The minimum atomic E-state index is -1.16. The molecule has 0 radical (unpaired) electrons. The van der Waals surface area contributed by atoms with Crippen LogP contribution in [0, 0.1) is 0 Å². The van der Waals surface area contributed by atoms with E-state index in [4.69, 9.17) is 27.9 Å². The van der Waals surface area contributed by atoms with E-state index in [1.165, 1.54) is 11.8 Å². The van der Waals surface area contributed by atoms with Crippen LogP contribution < -0.4 is 15.4 Å². The molecule has 10 nitrogen and oxygen atoms in total.